The highest BCUT2D eigenvalue weighted by molar-refractivity contribution is 8.00. The lowest BCUT2D eigenvalue weighted by Crippen LogP contribution is -2.31. The predicted molar refractivity (Wildman–Crippen MR) is 137 cm³/mol. The molecule has 11 heteroatoms. The van der Waals surface area contributed by atoms with Crippen LogP contribution in [0.5, 0.6) is 5.75 Å². The predicted octanol–water partition coefficient (Wildman–Crippen LogP) is 5.87. The number of amides is 1. The lowest BCUT2D eigenvalue weighted by molar-refractivity contribution is -0.117. The zero-order valence-corrected chi connectivity index (χ0v) is 21.1. The largest absolute Gasteiger partial charge is 0.503 e. The number of aromatic nitrogens is 2. The Balaban J connectivity index is 1.49. The van der Waals surface area contributed by atoms with Gasteiger partial charge in [0.05, 0.1) is 25.0 Å². The Hall–Kier alpha value is -3.60. The van der Waals surface area contributed by atoms with Crippen LogP contribution in [0.1, 0.15) is 27.7 Å². The molecule has 8 nitrogen and oxygen atoms in total. The number of halogens is 1. The topological polar surface area (TPSA) is 106 Å². The van der Waals surface area contributed by atoms with Crippen LogP contribution < -0.4 is 9.64 Å². The number of furan rings is 1. The number of rotatable bonds is 8. The van der Waals surface area contributed by atoms with Crippen molar-refractivity contribution in [1.29, 1.82) is 0 Å². The molecule has 182 valence electrons. The molecular weight excluding hydrogens is 522 g/mol. The molecule has 0 aliphatic carbocycles. The van der Waals surface area contributed by atoms with E-state index < -0.39 is 23.5 Å². The van der Waals surface area contributed by atoms with Crippen LogP contribution in [0.2, 0.25) is 5.02 Å². The molecule has 3 heterocycles. The van der Waals surface area contributed by atoms with Crippen LogP contribution >= 0.6 is 34.7 Å². The normalized spacial score (nSPS) is 15.6. The van der Waals surface area contributed by atoms with E-state index in [-0.39, 0.29) is 16.5 Å². The van der Waals surface area contributed by atoms with Crippen molar-refractivity contribution >= 4 is 51.5 Å². The molecule has 0 fully saturated rings. The molecule has 1 N–H and O–H groups in total. The average Bonchev–Trinajstić information content (AvgIpc) is 3.64. The van der Waals surface area contributed by atoms with E-state index in [9.17, 15) is 14.7 Å². The monoisotopic (exact) mass is 539 g/mol. The summed E-state index contributed by atoms with van der Waals surface area (Å²) in [6.07, 6.45) is 1.36. The van der Waals surface area contributed by atoms with Crippen molar-refractivity contribution in [3.05, 3.63) is 100 Å². The quantitative estimate of drug-likeness (QED) is 0.168. The molecule has 1 aliphatic heterocycles. The number of thioether (sulfide) groups is 1. The summed E-state index contributed by atoms with van der Waals surface area (Å²) >= 11 is 8.60. The van der Waals surface area contributed by atoms with Gasteiger partial charge in [-0.25, -0.2) is 0 Å². The molecule has 1 aliphatic rings. The number of carbonyl (C=O) groups excluding carboxylic acids is 2. The van der Waals surface area contributed by atoms with Gasteiger partial charge in [-0.3, -0.25) is 14.5 Å². The van der Waals surface area contributed by atoms with Gasteiger partial charge in [0.25, 0.3) is 5.91 Å². The Morgan fingerprint density at radius 1 is 1.19 bits per heavy atom. The number of benzene rings is 2. The lowest BCUT2D eigenvalue weighted by Gasteiger charge is -2.24. The number of hydrogen-bond donors (Lipinski definition) is 1. The summed E-state index contributed by atoms with van der Waals surface area (Å²) in [4.78, 5) is 27.9. The van der Waals surface area contributed by atoms with Crippen LogP contribution in [0.15, 0.2) is 87.0 Å². The zero-order chi connectivity index (χ0) is 25.2. The Bertz CT molecular complexity index is 1450. The van der Waals surface area contributed by atoms with Crippen LogP contribution in [-0.2, 0) is 10.5 Å². The Morgan fingerprint density at radius 2 is 2.00 bits per heavy atom. The Kier molecular flexibility index (Phi) is 6.82. The van der Waals surface area contributed by atoms with E-state index in [1.807, 2.05) is 24.3 Å². The number of carbonyl (C=O) groups is 2. The number of hydrogen-bond acceptors (Lipinski definition) is 9. The van der Waals surface area contributed by atoms with Gasteiger partial charge in [0.1, 0.15) is 5.75 Å². The number of nitrogens with zero attached hydrogens (tertiary/aromatic N) is 3. The van der Waals surface area contributed by atoms with Gasteiger partial charge in [-0.2, -0.15) is 0 Å². The maximum atomic E-state index is 13.3. The summed E-state index contributed by atoms with van der Waals surface area (Å²) in [5.74, 6) is -0.825. The average molecular weight is 540 g/mol. The van der Waals surface area contributed by atoms with E-state index in [4.69, 9.17) is 20.8 Å². The first-order valence-electron chi connectivity index (χ1n) is 10.7. The van der Waals surface area contributed by atoms with Crippen molar-refractivity contribution in [2.24, 2.45) is 0 Å². The first-order chi connectivity index (χ1) is 17.5. The second-order valence-electron chi connectivity index (χ2n) is 7.69. The smallest absolute Gasteiger partial charge is 0.296 e. The van der Waals surface area contributed by atoms with E-state index in [2.05, 4.69) is 10.2 Å². The molecule has 4 aromatic rings. The number of methoxy groups -OCH3 is 1. The van der Waals surface area contributed by atoms with Crippen LogP contribution in [0, 0.1) is 0 Å². The van der Waals surface area contributed by atoms with Crippen molar-refractivity contribution in [2.75, 3.05) is 12.0 Å². The van der Waals surface area contributed by atoms with Crippen LogP contribution in [0.25, 0.3) is 0 Å². The number of ketones is 1. The van der Waals surface area contributed by atoms with E-state index >= 15 is 0 Å². The van der Waals surface area contributed by atoms with Crippen molar-refractivity contribution in [3.63, 3.8) is 0 Å². The second kappa shape index (κ2) is 10.2. The number of anilines is 1. The minimum absolute atomic E-state index is 0.00979. The summed E-state index contributed by atoms with van der Waals surface area (Å²) in [5, 5.41) is 20.2. The minimum Gasteiger partial charge on any atom is -0.503 e. The molecular formula is C25H18ClN3O5S2. The van der Waals surface area contributed by atoms with Gasteiger partial charge in [-0.05, 0) is 47.5 Å². The first-order valence-corrected chi connectivity index (χ1v) is 12.8. The number of ether oxygens (including phenoxy) is 1. The SMILES string of the molecule is COc1cccc(C2C(C(=O)c3ccco3)=C(O)C(=O)N2c2nnc(SCc3ccc(Cl)cc3)s2)c1. The summed E-state index contributed by atoms with van der Waals surface area (Å²) in [6, 6.07) is 16.5. The van der Waals surface area contributed by atoms with E-state index in [1.54, 1.807) is 30.3 Å². The number of aliphatic hydroxyl groups is 1. The highest BCUT2D eigenvalue weighted by Crippen LogP contribution is 2.44. The summed E-state index contributed by atoms with van der Waals surface area (Å²) < 4.78 is 11.2. The molecule has 1 amide bonds. The molecule has 2 aromatic heterocycles. The fourth-order valence-corrected chi connectivity index (χ4v) is 5.74. The molecule has 0 saturated carbocycles. The van der Waals surface area contributed by atoms with Crippen LogP contribution in [0.3, 0.4) is 0 Å². The first kappa shape index (κ1) is 24.1. The number of aliphatic hydroxyl groups excluding tert-OH is 1. The van der Waals surface area contributed by atoms with Crippen molar-refractivity contribution in [3.8, 4) is 5.75 Å². The molecule has 0 spiro atoms. The maximum Gasteiger partial charge on any atom is 0.296 e. The van der Waals surface area contributed by atoms with Gasteiger partial charge in [-0.1, -0.05) is 59.0 Å². The highest BCUT2D eigenvalue weighted by atomic mass is 35.5. The van der Waals surface area contributed by atoms with Gasteiger partial charge >= 0.3 is 0 Å². The van der Waals surface area contributed by atoms with Gasteiger partial charge in [0, 0.05) is 10.8 Å². The fourth-order valence-electron chi connectivity index (χ4n) is 3.79. The fraction of sp³-hybridized carbons (Fsp3) is 0.120. The summed E-state index contributed by atoms with van der Waals surface area (Å²) in [7, 11) is 1.52. The molecule has 0 radical (unpaired) electrons. The van der Waals surface area contributed by atoms with E-state index in [0.29, 0.717) is 26.4 Å². The zero-order valence-electron chi connectivity index (χ0n) is 18.8. The molecule has 0 saturated heterocycles. The van der Waals surface area contributed by atoms with E-state index in [1.165, 1.54) is 47.4 Å². The molecule has 36 heavy (non-hydrogen) atoms. The maximum absolute atomic E-state index is 13.3. The third kappa shape index (κ3) is 4.62. The van der Waals surface area contributed by atoms with Crippen LogP contribution in [-0.4, -0.2) is 34.1 Å². The molecule has 0 bridgehead atoms. The third-order valence-electron chi connectivity index (χ3n) is 5.48. The Morgan fingerprint density at radius 3 is 2.72 bits per heavy atom. The lowest BCUT2D eigenvalue weighted by atomic mass is 9.95. The second-order valence-corrected chi connectivity index (χ2v) is 10.3. The highest BCUT2D eigenvalue weighted by Gasteiger charge is 2.46. The van der Waals surface area contributed by atoms with Gasteiger partial charge in [0.2, 0.25) is 10.9 Å². The molecule has 2 aromatic carbocycles. The third-order valence-corrected chi connectivity index (χ3v) is 7.86. The van der Waals surface area contributed by atoms with Gasteiger partial charge in [-0.15, -0.1) is 10.2 Å². The summed E-state index contributed by atoms with van der Waals surface area (Å²) in [6.45, 7) is 0. The standard InChI is InChI=1S/C25H18ClN3O5S2/c1-33-17-5-2-4-15(12-17)20-19(21(30)18-6-3-11-34-18)22(31)23(32)29(20)24-27-28-25(36-24)35-13-14-7-9-16(26)10-8-14/h2-12,20,31H,13H2,1H3. The summed E-state index contributed by atoms with van der Waals surface area (Å²) in [5.41, 5.74) is 1.51. The van der Waals surface area contributed by atoms with Crippen molar-refractivity contribution in [1.82, 2.24) is 10.2 Å². The molecule has 5 rings (SSSR count). The molecule has 1 atom stereocenters. The van der Waals surface area contributed by atoms with Gasteiger partial charge in [0.15, 0.2) is 15.9 Å². The number of Topliss-reactive ketones (excluding diaryl/α,β-unsaturated/α-hetero) is 1. The Labute approximate surface area is 219 Å². The minimum atomic E-state index is -0.952. The molecule has 1 unspecified atom stereocenters. The van der Waals surface area contributed by atoms with E-state index in [0.717, 1.165) is 5.56 Å². The van der Waals surface area contributed by atoms with Crippen molar-refractivity contribution in [2.45, 2.75) is 16.1 Å². The van der Waals surface area contributed by atoms with Gasteiger partial charge < -0.3 is 14.3 Å². The van der Waals surface area contributed by atoms with Crippen LogP contribution in [0.4, 0.5) is 5.13 Å². The van der Waals surface area contributed by atoms with Crippen molar-refractivity contribution < 1.29 is 23.8 Å².